The van der Waals surface area contributed by atoms with Crippen molar-refractivity contribution in [3.05, 3.63) is 23.2 Å². The number of carboxylic acids is 1. The Kier molecular flexibility index (Phi) is 3.61. The van der Waals surface area contributed by atoms with E-state index in [1.807, 2.05) is 5.38 Å². The first-order valence-electron chi connectivity index (χ1n) is 5.50. The third-order valence-corrected chi connectivity index (χ3v) is 3.50. The Morgan fingerprint density at radius 3 is 2.84 bits per heavy atom. The van der Waals surface area contributed by atoms with Crippen LogP contribution in [0.4, 0.5) is 0 Å². The Morgan fingerprint density at radius 1 is 1.58 bits per heavy atom. The molecule has 0 saturated carbocycles. The predicted molar refractivity (Wildman–Crippen MR) is 68.7 cm³/mol. The number of carbonyl (C=O) groups excluding carboxylic acids is 1. The molecule has 7 nitrogen and oxygen atoms in total. The quantitative estimate of drug-likeness (QED) is 0.842. The highest BCUT2D eigenvalue weighted by molar-refractivity contribution is 7.13. The summed E-state index contributed by atoms with van der Waals surface area (Å²) in [5.74, 6) is -2.08. The molecular weight excluding hydrogens is 268 g/mol. The molecule has 0 bridgehead atoms. The van der Waals surface area contributed by atoms with Gasteiger partial charge in [0.05, 0.1) is 17.3 Å². The first-order chi connectivity index (χ1) is 9.00. The van der Waals surface area contributed by atoms with Gasteiger partial charge in [0.2, 0.25) is 5.91 Å². The lowest BCUT2D eigenvalue weighted by Gasteiger charge is -2.09. The summed E-state index contributed by atoms with van der Waals surface area (Å²) in [4.78, 5) is 23.0. The zero-order valence-corrected chi connectivity index (χ0v) is 10.9. The van der Waals surface area contributed by atoms with Crippen molar-refractivity contribution < 1.29 is 14.7 Å². The Balaban J connectivity index is 2.45. The van der Waals surface area contributed by atoms with Gasteiger partial charge in [-0.05, 0) is 11.4 Å². The minimum Gasteiger partial charge on any atom is -0.476 e. The first kappa shape index (κ1) is 13.2. The molecule has 3 N–H and O–H groups in total. The Morgan fingerprint density at radius 2 is 2.32 bits per heavy atom. The van der Waals surface area contributed by atoms with Gasteiger partial charge < -0.3 is 10.8 Å². The van der Waals surface area contributed by atoms with Crippen molar-refractivity contribution >= 4 is 23.2 Å². The van der Waals surface area contributed by atoms with Crippen LogP contribution >= 0.6 is 11.3 Å². The summed E-state index contributed by atoms with van der Waals surface area (Å²) in [5.41, 5.74) is 5.48. The Bertz CT molecular complexity index is 605. The molecular formula is C11H12N4O3S. The summed E-state index contributed by atoms with van der Waals surface area (Å²) in [6.45, 7) is 1.85. The number of aromatic nitrogens is 3. The maximum absolute atomic E-state index is 11.1. The van der Waals surface area contributed by atoms with Crippen molar-refractivity contribution in [2.75, 3.05) is 0 Å². The molecule has 0 aliphatic rings. The van der Waals surface area contributed by atoms with Crippen LogP contribution in [0.2, 0.25) is 0 Å². The monoisotopic (exact) mass is 280 g/mol. The number of primary amides is 1. The van der Waals surface area contributed by atoms with E-state index in [0.29, 0.717) is 5.69 Å². The number of hydrogen-bond acceptors (Lipinski definition) is 5. The van der Waals surface area contributed by atoms with E-state index >= 15 is 0 Å². The molecule has 0 saturated heterocycles. The number of amides is 1. The molecule has 2 rings (SSSR count). The molecule has 0 aliphatic carbocycles. The lowest BCUT2D eigenvalue weighted by atomic mass is 10.1. The zero-order valence-electron chi connectivity index (χ0n) is 10.1. The van der Waals surface area contributed by atoms with Crippen molar-refractivity contribution in [1.82, 2.24) is 15.0 Å². The second kappa shape index (κ2) is 5.19. The normalized spacial score (nSPS) is 12.3. The second-order valence-corrected chi connectivity index (χ2v) is 5.00. The van der Waals surface area contributed by atoms with Gasteiger partial charge in [-0.2, -0.15) is 0 Å². The third kappa shape index (κ3) is 2.63. The molecule has 2 aromatic rings. The number of thiophene rings is 1. The Labute approximate surface area is 112 Å². The summed E-state index contributed by atoms with van der Waals surface area (Å²) < 4.78 is 1.41. The molecule has 8 heteroatoms. The smallest absolute Gasteiger partial charge is 0.358 e. The minimum absolute atomic E-state index is 0.126. The first-order valence-corrected chi connectivity index (χ1v) is 6.38. The molecule has 0 aliphatic heterocycles. The number of nitrogens with zero attached hydrogens (tertiary/aromatic N) is 3. The number of rotatable bonds is 5. The van der Waals surface area contributed by atoms with Gasteiger partial charge in [0.25, 0.3) is 0 Å². The fourth-order valence-electron chi connectivity index (χ4n) is 1.59. The van der Waals surface area contributed by atoms with Crippen molar-refractivity contribution in [2.45, 2.75) is 13.5 Å². The van der Waals surface area contributed by atoms with Gasteiger partial charge in [-0.15, -0.1) is 16.4 Å². The van der Waals surface area contributed by atoms with Crippen LogP contribution in [0.1, 0.15) is 17.4 Å². The highest BCUT2D eigenvalue weighted by atomic mass is 32.1. The van der Waals surface area contributed by atoms with Crippen LogP contribution in [0.15, 0.2) is 17.5 Å². The molecule has 0 radical (unpaired) electrons. The summed E-state index contributed by atoms with van der Waals surface area (Å²) in [6.07, 6.45) is 0. The Hall–Kier alpha value is -2.22. The fraction of sp³-hybridized carbons (Fsp3) is 0.273. The van der Waals surface area contributed by atoms with E-state index in [-0.39, 0.29) is 12.2 Å². The van der Waals surface area contributed by atoms with Crippen LogP contribution in [-0.4, -0.2) is 32.0 Å². The summed E-state index contributed by atoms with van der Waals surface area (Å²) in [6, 6.07) is 3.59. The van der Waals surface area contributed by atoms with Crippen molar-refractivity contribution in [1.29, 1.82) is 0 Å². The van der Waals surface area contributed by atoms with E-state index in [1.54, 1.807) is 19.1 Å². The number of hydrogen-bond donors (Lipinski definition) is 2. The lowest BCUT2D eigenvalue weighted by molar-refractivity contribution is -0.121. The van der Waals surface area contributed by atoms with E-state index in [1.165, 1.54) is 16.0 Å². The van der Waals surface area contributed by atoms with Crippen LogP contribution < -0.4 is 5.73 Å². The molecule has 19 heavy (non-hydrogen) atoms. The van der Waals surface area contributed by atoms with Crippen LogP contribution in [0.5, 0.6) is 0 Å². The van der Waals surface area contributed by atoms with Crippen LogP contribution in [0.3, 0.4) is 0 Å². The molecule has 1 unspecified atom stereocenters. The SMILES string of the molecule is CC(Cn1nnc(C(=O)O)c1-c1cccs1)C(N)=O. The molecule has 100 valence electrons. The molecule has 0 fully saturated rings. The molecule has 0 spiro atoms. The summed E-state index contributed by atoms with van der Waals surface area (Å²) in [5, 5.41) is 18.4. The van der Waals surface area contributed by atoms with E-state index in [9.17, 15) is 9.59 Å². The minimum atomic E-state index is -1.15. The lowest BCUT2D eigenvalue weighted by Crippen LogP contribution is -2.25. The van der Waals surface area contributed by atoms with Crippen LogP contribution in [-0.2, 0) is 11.3 Å². The molecule has 2 aromatic heterocycles. The van der Waals surface area contributed by atoms with E-state index < -0.39 is 17.8 Å². The average Bonchev–Trinajstić information content (AvgIpc) is 2.95. The number of carboxylic acid groups (broad SMARTS) is 1. The number of aromatic carboxylic acids is 1. The van der Waals surface area contributed by atoms with Crippen molar-refractivity contribution in [2.24, 2.45) is 11.7 Å². The maximum atomic E-state index is 11.1. The number of nitrogens with two attached hydrogens (primary N) is 1. The third-order valence-electron chi connectivity index (χ3n) is 2.62. The van der Waals surface area contributed by atoms with Crippen LogP contribution in [0.25, 0.3) is 10.6 Å². The topological polar surface area (TPSA) is 111 Å². The van der Waals surface area contributed by atoms with Crippen molar-refractivity contribution in [3.8, 4) is 10.6 Å². The average molecular weight is 280 g/mol. The maximum Gasteiger partial charge on any atom is 0.358 e. The van der Waals surface area contributed by atoms with Gasteiger partial charge in [0, 0.05) is 0 Å². The molecule has 1 atom stereocenters. The highest BCUT2D eigenvalue weighted by Gasteiger charge is 2.23. The van der Waals surface area contributed by atoms with Gasteiger partial charge >= 0.3 is 5.97 Å². The van der Waals surface area contributed by atoms with Gasteiger partial charge in [-0.1, -0.05) is 18.2 Å². The van der Waals surface area contributed by atoms with Crippen molar-refractivity contribution in [3.63, 3.8) is 0 Å². The molecule has 0 aromatic carbocycles. The van der Waals surface area contributed by atoms with E-state index in [0.717, 1.165) is 4.88 Å². The number of carbonyl (C=O) groups is 2. The zero-order chi connectivity index (χ0) is 14.0. The fourth-order valence-corrected chi connectivity index (χ4v) is 2.37. The second-order valence-electron chi connectivity index (χ2n) is 4.05. The highest BCUT2D eigenvalue weighted by Crippen LogP contribution is 2.27. The van der Waals surface area contributed by atoms with Gasteiger partial charge in [0.15, 0.2) is 5.69 Å². The molecule has 1 amide bonds. The van der Waals surface area contributed by atoms with Crippen LogP contribution in [0, 0.1) is 5.92 Å². The molecule has 2 heterocycles. The van der Waals surface area contributed by atoms with E-state index in [4.69, 9.17) is 10.8 Å². The predicted octanol–water partition coefficient (Wildman–Crippen LogP) is 0.826. The van der Waals surface area contributed by atoms with Gasteiger partial charge in [-0.25, -0.2) is 9.48 Å². The summed E-state index contributed by atoms with van der Waals surface area (Å²) >= 11 is 1.38. The summed E-state index contributed by atoms with van der Waals surface area (Å²) in [7, 11) is 0. The van der Waals surface area contributed by atoms with Gasteiger partial charge in [-0.3, -0.25) is 4.79 Å². The standard InChI is InChI=1S/C11H12N4O3S/c1-6(10(12)16)5-15-9(7-3-2-4-19-7)8(11(17)18)13-14-15/h2-4,6H,5H2,1H3,(H2,12,16)(H,17,18). The van der Waals surface area contributed by atoms with Gasteiger partial charge in [0.1, 0.15) is 5.69 Å². The largest absolute Gasteiger partial charge is 0.476 e. The van der Waals surface area contributed by atoms with E-state index in [2.05, 4.69) is 10.3 Å².